The Morgan fingerprint density at radius 1 is 1.09 bits per heavy atom. The van der Waals surface area contributed by atoms with Gasteiger partial charge in [0.1, 0.15) is 12.7 Å². The standard InChI is InChI=1S/C39H53NO6/c1-27(23-29(3)19-20-35-17-12-18-36(41)46-35)13-11-14-28(2)24-31(5)37(42)33(7)38(43)32(6)25-30(4)21-22-45-39(44)40-26-34-15-9-8-10-16-34/h8-12,14-16,18-21,23-24,27-28,32-33,35,38,43H,13,17,22,25-26H2,1-7H3,(H,40,44)/t27-,28?,32+,33-,35-,38-/m1/s1. The predicted octanol–water partition coefficient (Wildman–Crippen LogP) is 7.99. The van der Waals surface area contributed by atoms with E-state index >= 15 is 0 Å². The molecule has 0 bridgehead atoms. The molecule has 0 saturated heterocycles. The van der Waals surface area contributed by atoms with Gasteiger partial charge in [-0.2, -0.15) is 0 Å². The normalized spacial score (nSPS) is 19.4. The highest BCUT2D eigenvalue weighted by molar-refractivity contribution is 5.96. The lowest BCUT2D eigenvalue weighted by Gasteiger charge is -2.25. The Labute approximate surface area is 275 Å². The first kappa shape index (κ1) is 38.2. The molecule has 1 aromatic rings. The summed E-state index contributed by atoms with van der Waals surface area (Å²) in [6, 6.07) is 9.61. The Hall–Kier alpha value is -3.97. The Kier molecular flexibility index (Phi) is 16.8. The topological polar surface area (TPSA) is 102 Å². The third-order valence-electron chi connectivity index (χ3n) is 7.94. The summed E-state index contributed by atoms with van der Waals surface area (Å²) in [7, 11) is 0. The van der Waals surface area contributed by atoms with Crippen molar-refractivity contribution in [2.45, 2.75) is 86.5 Å². The third-order valence-corrected chi connectivity index (χ3v) is 7.94. The first-order valence-corrected chi connectivity index (χ1v) is 16.3. The lowest BCUT2D eigenvalue weighted by Crippen LogP contribution is -2.32. The molecule has 250 valence electrons. The summed E-state index contributed by atoms with van der Waals surface area (Å²) in [4.78, 5) is 36.5. The van der Waals surface area contributed by atoms with E-state index in [1.54, 1.807) is 6.92 Å². The van der Waals surface area contributed by atoms with E-state index in [0.717, 1.165) is 23.1 Å². The number of nitrogens with one attached hydrogen (secondary N) is 1. The largest absolute Gasteiger partial charge is 0.455 e. The van der Waals surface area contributed by atoms with Gasteiger partial charge in [0.2, 0.25) is 0 Å². The molecule has 2 rings (SSSR count). The number of benzene rings is 1. The third kappa shape index (κ3) is 14.9. The molecule has 0 radical (unpaired) electrons. The van der Waals surface area contributed by atoms with Crippen LogP contribution in [0.5, 0.6) is 0 Å². The second kappa shape index (κ2) is 20.2. The summed E-state index contributed by atoms with van der Waals surface area (Å²) in [5, 5.41) is 13.7. The van der Waals surface area contributed by atoms with Gasteiger partial charge in [-0.25, -0.2) is 9.59 Å². The number of Topliss-reactive ketones (excluding diaryl/α,β-unsaturated/α-hetero) is 1. The molecule has 7 heteroatoms. The van der Waals surface area contributed by atoms with E-state index in [0.29, 0.717) is 30.9 Å². The Bertz CT molecular complexity index is 1320. The smallest absolute Gasteiger partial charge is 0.407 e. The van der Waals surface area contributed by atoms with Gasteiger partial charge >= 0.3 is 12.1 Å². The molecule has 46 heavy (non-hydrogen) atoms. The SMILES string of the molecule is CC(C=C[C@H]1CC=CC(=O)O1)=C[C@H](C)CC=CC(C)C=C(C)C(=O)[C@@H](C)[C@H](O)[C@@H](C)CC(C)=CCOC(=O)NCc1ccccc1. The second-order valence-electron chi connectivity index (χ2n) is 12.5. The van der Waals surface area contributed by atoms with Crippen LogP contribution in [0.1, 0.15) is 73.3 Å². The maximum absolute atomic E-state index is 13.1. The fourth-order valence-corrected chi connectivity index (χ4v) is 5.32. The summed E-state index contributed by atoms with van der Waals surface area (Å²) >= 11 is 0. The maximum atomic E-state index is 13.1. The van der Waals surface area contributed by atoms with Gasteiger partial charge in [0.25, 0.3) is 0 Å². The van der Waals surface area contributed by atoms with Crippen LogP contribution in [0.2, 0.25) is 0 Å². The number of hydrogen-bond acceptors (Lipinski definition) is 6. The molecule has 0 aromatic heterocycles. The van der Waals surface area contributed by atoms with Gasteiger partial charge in [-0.3, -0.25) is 4.79 Å². The first-order chi connectivity index (χ1) is 21.8. The van der Waals surface area contributed by atoms with Crippen molar-refractivity contribution in [2.24, 2.45) is 23.7 Å². The molecule has 0 spiro atoms. The van der Waals surface area contributed by atoms with E-state index in [4.69, 9.17) is 9.47 Å². The van der Waals surface area contributed by atoms with Crippen LogP contribution in [0.15, 0.2) is 102 Å². The number of ketones is 1. The maximum Gasteiger partial charge on any atom is 0.407 e. The molecule has 1 aliphatic rings. The van der Waals surface area contributed by atoms with Crippen LogP contribution >= 0.6 is 0 Å². The van der Waals surface area contributed by atoms with E-state index in [1.165, 1.54) is 6.08 Å². The van der Waals surface area contributed by atoms with Gasteiger partial charge in [0, 0.05) is 25.0 Å². The average Bonchev–Trinajstić information content (AvgIpc) is 3.02. The quantitative estimate of drug-likeness (QED) is 0.0782. The van der Waals surface area contributed by atoms with Gasteiger partial charge in [-0.1, -0.05) is 106 Å². The zero-order chi connectivity index (χ0) is 34.1. The highest BCUT2D eigenvalue weighted by Gasteiger charge is 2.27. The van der Waals surface area contributed by atoms with Crippen molar-refractivity contribution in [3.05, 3.63) is 107 Å². The van der Waals surface area contributed by atoms with Crippen LogP contribution in [0.25, 0.3) is 0 Å². The lowest BCUT2D eigenvalue weighted by atomic mass is 9.84. The fraction of sp³-hybridized carbons (Fsp3) is 0.462. The van der Waals surface area contributed by atoms with Crippen LogP contribution in [-0.4, -0.2) is 41.8 Å². The van der Waals surface area contributed by atoms with Crippen LogP contribution in [0, 0.1) is 23.7 Å². The summed E-state index contributed by atoms with van der Waals surface area (Å²) in [5.41, 5.74) is 3.73. The fourth-order valence-electron chi connectivity index (χ4n) is 5.32. The number of aliphatic hydroxyl groups excluding tert-OH is 1. The Morgan fingerprint density at radius 2 is 1.80 bits per heavy atom. The van der Waals surface area contributed by atoms with Crippen LogP contribution in [0.3, 0.4) is 0 Å². The highest BCUT2D eigenvalue weighted by Crippen LogP contribution is 2.23. The van der Waals surface area contributed by atoms with Crippen molar-refractivity contribution in [1.29, 1.82) is 0 Å². The molecule has 1 amide bonds. The number of carbonyl (C=O) groups excluding carboxylic acids is 3. The predicted molar refractivity (Wildman–Crippen MR) is 185 cm³/mol. The minimum Gasteiger partial charge on any atom is -0.455 e. The summed E-state index contributed by atoms with van der Waals surface area (Å²) in [5.74, 6) is -0.638. The number of ether oxygens (including phenoxy) is 2. The molecule has 1 heterocycles. The molecule has 0 fully saturated rings. The molecule has 1 aliphatic heterocycles. The van der Waals surface area contributed by atoms with E-state index in [9.17, 15) is 19.5 Å². The number of amides is 1. The number of cyclic esters (lactones) is 1. The molecule has 6 atom stereocenters. The number of allylic oxidation sites excluding steroid dienone is 8. The molecular weight excluding hydrogens is 578 g/mol. The number of alkyl carbamates (subject to hydrolysis) is 1. The van der Waals surface area contributed by atoms with Crippen molar-refractivity contribution in [1.82, 2.24) is 5.32 Å². The molecule has 2 N–H and O–H groups in total. The molecule has 7 nitrogen and oxygen atoms in total. The Morgan fingerprint density at radius 3 is 2.50 bits per heavy atom. The van der Waals surface area contributed by atoms with Crippen LogP contribution < -0.4 is 5.32 Å². The number of rotatable bonds is 17. The van der Waals surface area contributed by atoms with Gasteiger partial charge in [0.05, 0.1) is 6.10 Å². The van der Waals surface area contributed by atoms with E-state index in [-0.39, 0.29) is 36.3 Å². The lowest BCUT2D eigenvalue weighted by molar-refractivity contribution is -0.141. The molecule has 0 aliphatic carbocycles. The van der Waals surface area contributed by atoms with Crippen molar-refractivity contribution >= 4 is 17.8 Å². The Balaban J connectivity index is 1.76. The van der Waals surface area contributed by atoms with Crippen molar-refractivity contribution in [2.75, 3.05) is 6.61 Å². The average molecular weight is 632 g/mol. The van der Waals surface area contributed by atoms with Gasteiger partial charge in [-0.15, -0.1) is 0 Å². The van der Waals surface area contributed by atoms with Crippen molar-refractivity contribution in [3.63, 3.8) is 0 Å². The zero-order valence-electron chi connectivity index (χ0n) is 28.6. The zero-order valence-corrected chi connectivity index (χ0v) is 28.6. The monoisotopic (exact) mass is 631 g/mol. The number of carbonyl (C=O) groups is 3. The van der Waals surface area contributed by atoms with E-state index < -0.39 is 18.1 Å². The number of esters is 1. The van der Waals surface area contributed by atoms with E-state index in [1.807, 2.05) is 95.3 Å². The molecule has 1 unspecified atom stereocenters. The second-order valence-corrected chi connectivity index (χ2v) is 12.5. The van der Waals surface area contributed by atoms with Crippen LogP contribution in [-0.2, 0) is 25.6 Å². The minimum absolute atomic E-state index is 0.0579. The van der Waals surface area contributed by atoms with Gasteiger partial charge in [0.15, 0.2) is 5.78 Å². The number of hydrogen-bond donors (Lipinski definition) is 2. The molecule has 1 aromatic carbocycles. The van der Waals surface area contributed by atoms with E-state index in [2.05, 4.69) is 30.5 Å². The van der Waals surface area contributed by atoms with Crippen molar-refractivity contribution in [3.8, 4) is 0 Å². The first-order valence-electron chi connectivity index (χ1n) is 16.3. The molecular formula is C39H53NO6. The van der Waals surface area contributed by atoms with Gasteiger partial charge in [-0.05, 0) is 74.7 Å². The van der Waals surface area contributed by atoms with Crippen LogP contribution in [0.4, 0.5) is 4.79 Å². The number of aliphatic hydroxyl groups is 1. The summed E-state index contributed by atoms with van der Waals surface area (Å²) in [6.45, 7) is 14.2. The molecule has 0 saturated carbocycles. The van der Waals surface area contributed by atoms with Crippen molar-refractivity contribution < 1.29 is 29.0 Å². The summed E-state index contributed by atoms with van der Waals surface area (Å²) < 4.78 is 10.5. The minimum atomic E-state index is -0.799. The van der Waals surface area contributed by atoms with Gasteiger partial charge < -0.3 is 19.9 Å². The summed E-state index contributed by atoms with van der Waals surface area (Å²) in [6.07, 6.45) is 18.1. The highest BCUT2D eigenvalue weighted by atomic mass is 16.5.